The molecule has 0 aliphatic carbocycles. The van der Waals surface area contributed by atoms with Crippen LogP contribution in [0.5, 0.6) is 5.88 Å². The maximum atomic E-state index is 12.9. The highest BCUT2D eigenvalue weighted by Crippen LogP contribution is 2.36. The number of benzene rings is 1. The van der Waals surface area contributed by atoms with Crippen LogP contribution >= 0.6 is 23.6 Å². The van der Waals surface area contributed by atoms with Crippen LogP contribution in [-0.2, 0) is 4.74 Å². The summed E-state index contributed by atoms with van der Waals surface area (Å²) >= 11 is 5.77. The second-order valence-electron chi connectivity index (χ2n) is 6.65. The van der Waals surface area contributed by atoms with Gasteiger partial charge in [-0.15, -0.1) is 11.3 Å². The summed E-state index contributed by atoms with van der Waals surface area (Å²) in [5.74, 6) is -1.52. The molecule has 0 fully saturated rings. The molecule has 2 aromatic heterocycles. The predicted molar refractivity (Wildman–Crippen MR) is 125 cm³/mol. The fraction of sp³-hybridized carbons (Fsp3) is 0.190. The number of rotatable bonds is 6. The molecule has 32 heavy (non-hydrogen) atoms. The van der Waals surface area contributed by atoms with E-state index in [0.717, 1.165) is 23.1 Å². The zero-order chi connectivity index (χ0) is 23.4. The molecule has 0 bridgehead atoms. The molecule has 0 unspecified atom stereocenters. The zero-order valence-electron chi connectivity index (χ0n) is 17.4. The summed E-state index contributed by atoms with van der Waals surface area (Å²) in [5.41, 5.74) is 1.21. The fourth-order valence-corrected chi connectivity index (χ4v) is 4.09. The third-order valence-corrected chi connectivity index (χ3v) is 5.88. The number of carbonyl (C=O) groups is 2. The Kier molecular flexibility index (Phi) is 7.01. The van der Waals surface area contributed by atoms with Crippen LogP contribution < -0.4 is 10.9 Å². The summed E-state index contributed by atoms with van der Waals surface area (Å²) in [7, 11) is 0. The van der Waals surface area contributed by atoms with E-state index in [-0.39, 0.29) is 32.4 Å². The normalized spacial score (nSPS) is 11.0. The van der Waals surface area contributed by atoms with Gasteiger partial charge in [0.15, 0.2) is 4.77 Å². The molecule has 2 heterocycles. The molecule has 3 rings (SSSR count). The van der Waals surface area contributed by atoms with Crippen molar-refractivity contribution < 1.29 is 19.4 Å². The number of aromatic hydroxyl groups is 1. The lowest BCUT2D eigenvalue weighted by Crippen LogP contribution is -2.13. The number of amides is 1. The minimum absolute atomic E-state index is 0.0426. The lowest BCUT2D eigenvalue weighted by molar-refractivity contribution is 0.0527. The lowest BCUT2D eigenvalue weighted by atomic mass is 10.1. The minimum Gasteiger partial charge on any atom is -0.494 e. The number of aromatic amines is 2. The van der Waals surface area contributed by atoms with Gasteiger partial charge in [-0.2, -0.15) is 0 Å². The first-order valence-corrected chi connectivity index (χ1v) is 10.7. The number of H-pyrrole nitrogens is 2. The number of nitrogens with one attached hydrogen (secondary N) is 3. The number of thiophene rings is 1. The molecular weight excluding hydrogens is 452 g/mol. The van der Waals surface area contributed by atoms with Gasteiger partial charge in [-0.05, 0) is 50.2 Å². The van der Waals surface area contributed by atoms with Crippen LogP contribution in [0.3, 0.4) is 0 Å². The summed E-state index contributed by atoms with van der Waals surface area (Å²) in [6.45, 7) is 5.29. The monoisotopic (exact) mass is 472 g/mol. The summed E-state index contributed by atoms with van der Waals surface area (Å²) < 4.78 is 5.08. The Hall–Kier alpha value is -3.57. The van der Waals surface area contributed by atoms with Gasteiger partial charge in [-0.3, -0.25) is 14.6 Å². The van der Waals surface area contributed by atoms with Crippen molar-refractivity contribution in [3.05, 3.63) is 66.5 Å². The number of aryl methyl sites for hydroxylation is 1. The molecule has 9 nitrogen and oxygen atoms in total. The number of esters is 1. The van der Waals surface area contributed by atoms with E-state index < -0.39 is 23.3 Å². The van der Waals surface area contributed by atoms with Gasteiger partial charge in [-0.1, -0.05) is 18.2 Å². The van der Waals surface area contributed by atoms with Gasteiger partial charge in [0.1, 0.15) is 16.1 Å². The number of hydrogen-bond donors (Lipinski definition) is 4. The number of anilines is 1. The van der Waals surface area contributed by atoms with Gasteiger partial charge in [0, 0.05) is 11.9 Å². The highest BCUT2D eigenvalue weighted by atomic mass is 32.1. The maximum Gasteiger partial charge on any atom is 0.341 e. The van der Waals surface area contributed by atoms with Crippen LogP contribution in [0.4, 0.5) is 10.7 Å². The van der Waals surface area contributed by atoms with Gasteiger partial charge in [0.25, 0.3) is 11.5 Å². The average Bonchev–Trinajstić information content (AvgIpc) is 3.05. The zero-order valence-corrected chi connectivity index (χ0v) is 19.1. The Balaban J connectivity index is 2.05. The summed E-state index contributed by atoms with van der Waals surface area (Å²) in [6.07, 6.45) is 1.09. The van der Waals surface area contributed by atoms with E-state index in [4.69, 9.17) is 17.0 Å². The van der Waals surface area contributed by atoms with Gasteiger partial charge >= 0.3 is 5.97 Å². The number of carbonyl (C=O) groups excluding carboxylic acids is 2. The Morgan fingerprint density at radius 3 is 2.66 bits per heavy atom. The Labute approximate surface area is 191 Å². The molecule has 0 aliphatic rings. The molecule has 11 heteroatoms. The second-order valence-corrected chi connectivity index (χ2v) is 8.06. The topological polar surface area (TPSA) is 137 Å². The molecule has 0 atom stereocenters. The summed E-state index contributed by atoms with van der Waals surface area (Å²) in [5, 5.41) is 13.0. The standard InChI is InChI=1S/C21H20N4O5S2/c1-4-30-20(29)14-11(3)15(18(28)23-13-8-6-5-7-10(13)2)32-19(14)22-9-12-16(26)24-21(31)25-17(12)27/h5-9H,4H2,1-3H3,(H,23,28)(H3,24,25,26,27,31). The minimum atomic E-state index is -0.654. The lowest BCUT2D eigenvalue weighted by Gasteiger charge is -2.07. The van der Waals surface area contributed by atoms with Crippen LogP contribution in [0.2, 0.25) is 0 Å². The molecule has 0 radical (unpaired) electrons. The largest absolute Gasteiger partial charge is 0.494 e. The van der Waals surface area contributed by atoms with Crippen LogP contribution in [0.1, 0.15) is 43.6 Å². The molecule has 4 N–H and O–H groups in total. The van der Waals surface area contributed by atoms with E-state index in [1.165, 1.54) is 0 Å². The number of para-hydroxylation sites is 1. The third kappa shape index (κ3) is 4.84. The van der Waals surface area contributed by atoms with Crippen molar-refractivity contribution >= 4 is 52.3 Å². The average molecular weight is 473 g/mol. The fourth-order valence-electron chi connectivity index (χ4n) is 2.87. The summed E-state index contributed by atoms with van der Waals surface area (Å²) in [4.78, 5) is 46.8. The second kappa shape index (κ2) is 9.71. The first kappa shape index (κ1) is 23.1. The smallest absolute Gasteiger partial charge is 0.341 e. The SMILES string of the molecule is CCOC(=O)c1c(N=Cc2c(O)[nH]c(=S)[nH]c2=O)sc(C(=O)Nc2ccccc2C)c1C. The number of aliphatic imine (C=N–C) groups is 1. The van der Waals surface area contributed by atoms with Gasteiger partial charge < -0.3 is 20.1 Å². The van der Waals surface area contributed by atoms with E-state index in [2.05, 4.69) is 20.3 Å². The number of ether oxygens (including phenoxy) is 1. The van der Waals surface area contributed by atoms with Crippen molar-refractivity contribution in [1.82, 2.24) is 9.97 Å². The van der Waals surface area contributed by atoms with Crippen molar-refractivity contribution in [1.29, 1.82) is 0 Å². The Bertz CT molecular complexity index is 1340. The van der Waals surface area contributed by atoms with Crippen molar-refractivity contribution in [3.8, 4) is 5.88 Å². The third-order valence-electron chi connectivity index (χ3n) is 4.48. The summed E-state index contributed by atoms with van der Waals surface area (Å²) in [6, 6.07) is 7.31. The van der Waals surface area contributed by atoms with Gasteiger partial charge in [-0.25, -0.2) is 9.79 Å². The molecular formula is C21H20N4O5S2. The first-order chi connectivity index (χ1) is 15.2. The van der Waals surface area contributed by atoms with Crippen LogP contribution in [0, 0.1) is 18.6 Å². The van der Waals surface area contributed by atoms with Crippen molar-refractivity contribution in [2.24, 2.45) is 4.99 Å². The molecule has 0 spiro atoms. The van der Waals surface area contributed by atoms with Crippen LogP contribution in [0.25, 0.3) is 0 Å². The van der Waals surface area contributed by atoms with Crippen LogP contribution in [-0.4, -0.2) is 39.8 Å². The van der Waals surface area contributed by atoms with Crippen molar-refractivity contribution in [3.63, 3.8) is 0 Å². The van der Waals surface area contributed by atoms with E-state index in [0.29, 0.717) is 11.3 Å². The van der Waals surface area contributed by atoms with E-state index in [1.807, 2.05) is 19.1 Å². The highest BCUT2D eigenvalue weighted by Gasteiger charge is 2.26. The van der Waals surface area contributed by atoms with Gasteiger partial charge in [0.2, 0.25) is 5.88 Å². The molecule has 166 valence electrons. The Morgan fingerprint density at radius 2 is 2.00 bits per heavy atom. The molecule has 0 aliphatic heterocycles. The Morgan fingerprint density at radius 1 is 1.28 bits per heavy atom. The molecule has 0 saturated heterocycles. The number of hydrogen-bond acceptors (Lipinski definition) is 8. The molecule has 1 aromatic carbocycles. The number of aromatic nitrogens is 2. The highest BCUT2D eigenvalue weighted by molar-refractivity contribution is 7.71. The molecule has 0 saturated carbocycles. The molecule has 1 amide bonds. The first-order valence-electron chi connectivity index (χ1n) is 9.50. The number of nitrogens with zero attached hydrogens (tertiary/aromatic N) is 1. The van der Waals surface area contributed by atoms with Crippen LogP contribution in [0.15, 0.2) is 34.1 Å². The maximum absolute atomic E-state index is 12.9. The van der Waals surface area contributed by atoms with E-state index >= 15 is 0 Å². The van der Waals surface area contributed by atoms with E-state index in [9.17, 15) is 19.5 Å². The molecule has 3 aromatic rings. The van der Waals surface area contributed by atoms with E-state index in [1.54, 1.807) is 26.0 Å². The van der Waals surface area contributed by atoms with Crippen molar-refractivity contribution in [2.45, 2.75) is 20.8 Å². The quantitative estimate of drug-likeness (QED) is 0.243. The predicted octanol–water partition coefficient (Wildman–Crippen LogP) is 4.00. The van der Waals surface area contributed by atoms with Gasteiger partial charge in [0.05, 0.1) is 11.5 Å². The van der Waals surface area contributed by atoms with Crippen molar-refractivity contribution in [2.75, 3.05) is 11.9 Å².